The Morgan fingerprint density at radius 2 is 2.15 bits per heavy atom. The van der Waals surface area contributed by atoms with E-state index in [0.29, 0.717) is 31.6 Å². The first-order valence-electron chi connectivity index (χ1n) is 8.09. The molecular formula is C16H16F3N7O. The van der Waals surface area contributed by atoms with Crippen molar-refractivity contribution >= 4 is 17.5 Å². The quantitative estimate of drug-likeness (QED) is 0.723. The molecule has 1 fully saturated rings. The normalized spacial score (nSPS) is 17.2. The fourth-order valence-electron chi connectivity index (χ4n) is 2.41. The van der Waals surface area contributed by atoms with Crippen LogP contribution in [0.2, 0.25) is 0 Å². The molecule has 0 radical (unpaired) electrons. The molecule has 11 heteroatoms. The Morgan fingerprint density at radius 1 is 1.30 bits per heavy atom. The van der Waals surface area contributed by atoms with Gasteiger partial charge in [-0.3, -0.25) is 0 Å². The van der Waals surface area contributed by atoms with E-state index in [1.165, 1.54) is 12.3 Å². The maximum absolute atomic E-state index is 13.2. The third-order valence-corrected chi connectivity index (χ3v) is 3.73. The molecule has 1 aliphatic heterocycles. The lowest BCUT2D eigenvalue weighted by atomic mass is 10.2. The van der Waals surface area contributed by atoms with Crippen LogP contribution in [0.1, 0.15) is 11.3 Å². The van der Waals surface area contributed by atoms with Gasteiger partial charge in [-0.15, -0.1) is 0 Å². The summed E-state index contributed by atoms with van der Waals surface area (Å²) in [5, 5.41) is 17.3. The summed E-state index contributed by atoms with van der Waals surface area (Å²) in [6, 6.07) is 4.90. The van der Waals surface area contributed by atoms with E-state index in [2.05, 4.69) is 30.9 Å². The van der Waals surface area contributed by atoms with Crippen molar-refractivity contribution in [1.82, 2.24) is 20.3 Å². The maximum atomic E-state index is 13.2. The van der Waals surface area contributed by atoms with Crippen LogP contribution in [0.3, 0.4) is 0 Å². The Bertz CT molecular complexity index is 814. The fourth-order valence-corrected chi connectivity index (χ4v) is 2.41. The predicted octanol–water partition coefficient (Wildman–Crippen LogP) is 1.91. The lowest BCUT2D eigenvalue weighted by Crippen LogP contribution is -2.42. The lowest BCUT2D eigenvalue weighted by molar-refractivity contribution is -0.137. The zero-order chi connectivity index (χ0) is 19.3. The number of morpholine rings is 1. The summed E-state index contributed by atoms with van der Waals surface area (Å²) in [6.45, 7) is 1.93. The molecule has 0 saturated carbocycles. The minimum atomic E-state index is -4.59. The van der Waals surface area contributed by atoms with Crippen molar-refractivity contribution in [1.29, 1.82) is 5.26 Å². The summed E-state index contributed by atoms with van der Waals surface area (Å²) < 4.78 is 45.2. The topological polar surface area (TPSA) is 108 Å². The summed E-state index contributed by atoms with van der Waals surface area (Å²) in [6.07, 6.45) is -2.76. The zero-order valence-electron chi connectivity index (χ0n) is 14.0. The van der Waals surface area contributed by atoms with E-state index in [9.17, 15) is 13.2 Å². The van der Waals surface area contributed by atoms with Crippen molar-refractivity contribution < 1.29 is 17.9 Å². The molecule has 0 aromatic carbocycles. The number of aromatic nitrogens is 3. The highest BCUT2D eigenvalue weighted by atomic mass is 19.4. The van der Waals surface area contributed by atoms with Gasteiger partial charge in [-0.05, 0) is 12.1 Å². The van der Waals surface area contributed by atoms with Crippen LogP contribution >= 0.6 is 0 Å². The van der Waals surface area contributed by atoms with Gasteiger partial charge in [0.2, 0.25) is 5.95 Å². The number of anilines is 3. The third kappa shape index (κ3) is 5.02. The van der Waals surface area contributed by atoms with Gasteiger partial charge in [0.1, 0.15) is 23.1 Å². The number of halogens is 3. The standard InChI is InChI=1S/C16H16F3N7O/c17-16(18,19)13-9-24-15(25-11-2-1-10(5-20)22-6-11)26-14(13)23-8-12-7-21-3-4-27-12/h1-2,6,9,12,21H,3-4,7-8H2,(H2,23,24,25,26). The van der Waals surface area contributed by atoms with Crippen molar-refractivity contribution in [2.24, 2.45) is 0 Å². The second-order valence-electron chi connectivity index (χ2n) is 5.70. The number of ether oxygens (including phenoxy) is 1. The van der Waals surface area contributed by atoms with E-state index >= 15 is 0 Å². The Hall–Kier alpha value is -2.97. The van der Waals surface area contributed by atoms with Gasteiger partial charge < -0.3 is 20.7 Å². The minimum Gasteiger partial charge on any atom is -0.374 e. The van der Waals surface area contributed by atoms with Gasteiger partial charge in [0.25, 0.3) is 0 Å². The van der Waals surface area contributed by atoms with Crippen molar-refractivity contribution in [3.63, 3.8) is 0 Å². The number of rotatable bonds is 5. The SMILES string of the molecule is N#Cc1ccc(Nc2ncc(C(F)(F)F)c(NCC3CNCCO3)n2)cn1. The summed E-state index contributed by atoms with van der Waals surface area (Å²) >= 11 is 0. The Labute approximate surface area is 152 Å². The lowest BCUT2D eigenvalue weighted by Gasteiger charge is -2.24. The highest BCUT2D eigenvalue weighted by molar-refractivity contribution is 5.56. The summed E-state index contributed by atoms with van der Waals surface area (Å²) in [5.41, 5.74) is -0.299. The zero-order valence-corrected chi connectivity index (χ0v) is 14.0. The molecule has 3 N–H and O–H groups in total. The van der Waals surface area contributed by atoms with Crippen LogP contribution in [-0.2, 0) is 10.9 Å². The predicted molar refractivity (Wildman–Crippen MR) is 90.4 cm³/mol. The van der Waals surface area contributed by atoms with Gasteiger partial charge in [-0.1, -0.05) is 0 Å². The largest absolute Gasteiger partial charge is 0.421 e. The molecule has 0 amide bonds. The summed E-state index contributed by atoms with van der Waals surface area (Å²) in [7, 11) is 0. The van der Waals surface area contributed by atoms with Crippen LogP contribution in [0.15, 0.2) is 24.5 Å². The molecule has 0 aliphatic carbocycles. The van der Waals surface area contributed by atoms with E-state index in [-0.39, 0.29) is 30.1 Å². The van der Waals surface area contributed by atoms with Crippen molar-refractivity contribution in [3.8, 4) is 6.07 Å². The molecule has 0 spiro atoms. The smallest absolute Gasteiger partial charge is 0.374 e. The molecular weight excluding hydrogens is 363 g/mol. The molecule has 3 heterocycles. The van der Waals surface area contributed by atoms with Crippen molar-refractivity contribution in [2.75, 3.05) is 36.9 Å². The van der Waals surface area contributed by atoms with Crippen LogP contribution in [0, 0.1) is 11.3 Å². The number of nitrogens with one attached hydrogen (secondary N) is 3. The highest BCUT2D eigenvalue weighted by Gasteiger charge is 2.35. The van der Waals surface area contributed by atoms with E-state index in [0.717, 1.165) is 0 Å². The first-order chi connectivity index (χ1) is 13.0. The van der Waals surface area contributed by atoms with E-state index < -0.39 is 11.7 Å². The Kier molecular flexibility index (Phi) is 5.68. The van der Waals surface area contributed by atoms with Crippen LogP contribution in [-0.4, -0.2) is 47.3 Å². The van der Waals surface area contributed by atoms with Gasteiger partial charge in [0.15, 0.2) is 0 Å². The number of pyridine rings is 1. The number of hydrogen-bond donors (Lipinski definition) is 3. The Morgan fingerprint density at radius 3 is 2.78 bits per heavy atom. The van der Waals surface area contributed by atoms with Gasteiger partial charge in [-0.2, -0.15) is 23.4 Å². The van der Waals surface area contributed by atoms with Crippen molar-refractivity contribution in [2.45, 2.75) is 12.3 Å². The van der Waals surface area contributed by atoms with Crippen LogP contribution < -0.4 is 16.0 Å². The number of alkyl halides is 3. The molecule has 142 valence electrons. The molecule has 8 nitrogen and oxygen atoms in total. The Balaban J connectivity index is 1.77. The first-order valence-corrected chi connectivity index (χ1v) is 8.09. The van der Waals surface area contributed by atoms with E-state index in [1.807, 2.05) is 6.07 Å². The van der Waals surface area contributed by atoms with Crippen LogP contribution in [0.25, 0.3) is 0 Å². The summed E-state index contributed by atoms with van der Waals surface area (Å²) in [4.78, 5) is 11.5. The number of nitrogens with zero attached hydrogens (tertiary/aromatic N) is 4. The van der Waals surface area contributed by atoms with E-state index in [4.69, 9.17) is 10.00 Å². The van der Waals surface area contributed by atoms with Gasteiger partial charge in [0, 0.05) is 25.8 Å². The first kappa shape index (κ1) is 18.8. The third-order valence-electron chi connectivity index (χ3n) is 3.73. The molecule has 1 saturated heterocycles. The molecule has 1 unspecified atom stereocenters. The molecule has 0 bridgehead atoms. The highest BCUT2D eigenvalue weighted by Crippen LogP contribution is 2.34. The molecule has 2 aromatic rings. The average molecular weight is 379 g/mol. The van der Waals surface area contributed by atoms with E-state index in [1.54, 1.807) is 6.07 Å². The second kappa shape index (κ2) is 8.15. The molecule has 27 heavy (non-hydrogen) atoms. The second-order valence-corrected chi connectivity index (χ2v) is 5.70. The van der Waals surface area contributed by atoms with Gasteiger partial charge in [-0.25, -0.2) is 9.97 Å². The minimum absolute atomic E-state index is 0.0281. The molecule has 2 aromatic heterocycles. The number of hydrogen-bond acceptors (Lipinski definition) is 8. The number of nitriles is 1. The van der Waals surface area contributed by atoms with Crippen LogP contribution in [0.4, 0.5) is 30.6 Å². The monoisotopic (exact) mass is 379 g/mol. The summed E-state index contributed by atoms with van der Waals surface area (Å²) in [5.74, 6) is -0.365. The van der Waals surface area contributed by atoms with Gasteiger partial charge >= 0.3 is 6.18 Å². The fraction of sp³-hybridized carbons (Fsp3) is 0.375. The average Bonchev–Trinajstić information content (AvgIpc) is 2.67. The van der Waals surface area contributed by atoms with Crippen molar-refractivity contribution in [3.05, 3.63) is 35.8 Å². The molecule has 1 aliphatic rings. The van der Waals surface area contributed by atoms with Crippen LogP contribution in [0.5, 0.6) is 0 Å². The maximum Gasteiger partial charge on any atom is 0.421 e. The van der Waals surface area contributed by atoms with Gasteiger partial charge in [0.05, 0.1) is 24.6 Å². The molecule has 3 rings (SSSR count). The molecule has 1 atom stereocenters.